The van der Waals surface area contributed by atoms with E-state index in [9.17, 15) is 35.9 Å². The van der Waals surface area contributed by atoms with Gasteiger partial charge in [-0.1, -0.05) is 30.4 Å². The number of rotatable bonds is 6. The average molecular weight is 552 g/mol. The van der Waals surface area contributed by atoms with Crippen LogP contribution in [0, 0.1) is 19.7 Å². The summed E-state index contributed by atoms with van der Waals surface area (Å²) in [6.07, 6.45) is 3.35. The molecule has 200 valence electrons. The summed E-state index contributed by atoms with van der Waals surface area (Å²) >= 11 is 0. The van der Waals surface area contributed by atoms with Gasteiger partial charge in [0.2, 0.25) is 0 Å². The van der Waals surface area contributed by atoms with Crippen LogP contribution in [0.1, 0.15) is 23.2 Å². The molecular formula is C24H21F4N5O4S. The van der Waals surface area contributed by atoms with E-state index in [1.807, 2.05) is 0 Å². The second-order valence-electron chi connectivity index (χ2n) is 8.58. The number of azo groups is 1. The minimum atomic E-state index is -5.91. The largest absolute Gasteiger partial charge is 0.511 e. The molecule has 1 aromatic heterocycles. The highest BCUT2D eigenvalue weighted by Crippen LogP contribution is 2.37. The molecule has 0 fully saturated rings. The van der Waals surface area contributed by atoms with Crippen LogP contribution in [0.25, 0.3) is 11.3 Å². The predicted octanol–water partition coefficient (Wildman–Crippen LogP) is 4.89. The lowest BCUT2D eigenvalue weighted by Gasteiger charge is -2.30. The molecule has 0 bridgehead atoms. The van der Waals surface area contributed by atoms with Crippen molar-refractivity contribution in [3.05, 3.63) is 93.7 Å². The number of hydrogen-bond acceptors (Lipinski definition) is 6. The predicted molar refractivity (Wildman–Crippen MR) is 131 cm³/mol. The molecule has 0 saturated heterocycles. The lowest BCUT2D eigenvalue weighted by molar-refractivity contribution is -0.0454. The van der Waals surface area contributed by atoms with Gasteiger partial charge in [0.1, 0.15) is 11.6 Å². The molecule has 1 atom stereocenters. The average Bonchev–Trinajstić information content (AvgIpc) is 3.12. The first-order valence-electron chi connectivity index (χ1n) is 11.0. The van der Waals surface area contributed by atoms with E-state index < -0.39 is 39.0 Å². The Morgan fingerprint density at radius 1 is 1.16 bits per heavy atom. The number of aromatic nitrogens is 2. The first kappa shape index (κ1) is 27.0. The van der Waals surface area contributed by atoms with Crippen LogP contribution in [0.4, 0.5) is 23.2 Å². The number of aromatic amines is 1. The van der Waals surface area contributed by atoms with Gasteiger partial charge < -0.3 is 5.11 Å². The quantitative estimate of drug-likeness (QED) is 0.298. The Kier molecular flexibility index (Phi) is 6.88. The van der Waals surface area contributed by atoms with Gasteiger partial charge in [0.05, 0.1) is 11.4 Å². The number of aromatic hydroxyl groups is 1. The van der Waals surface area contributed by atoms with E-state index in [4.69, 9.17) is 0 Å². The second-order valence-corrected chi connectivity index (χ2v) is 10.3. The summed E-state index contributed by atoms with van der Waals surface area (Å²) in [6, 6.07) is 9.89. The molecule has 2 aromatic carbocycles. The fraction of sp³-hybridized carbons (Fsp3) is 0.208. The number of nitrogens with one attached hydrogen (secondary N) is 2. The van der Waals surface area contributed by atoms with Gasteiger partial charge in [0.15, 0.2) is 11.4 Å². The van der Waals surface area contributed by atoms with E-state index in [2.05, 4.69) is 15.3 Å². The van der Waals surface area contributed by atoms with Gasteiger partial charge in [0.25, 0.3) is 5.56 Å². The zero-order valence-corrected chi connectivity index (χ0v) is 20.7. The van der Waals surface area contributed by atoms with Gasteiger partial charge in [0, 0.05) is 12.0 Å². The van der Waals surface area contributed by atoms with E-state index in [0.29, 0.717) is 0 Å². The Hall–Kier alpha value is -4.04. The fourth-order valence-electron chi connectivity index (χ4n) is 3.86. The van der Waals surface area contributed by atoms with Crippen LogP contribution in [0.3, 0.4) is 0 Å². The zero-order chi connectivity index (χ0) is 27.9. The first-order valence-corrected chi connectivity index (χ1v) is 12.5. The maximum atomic E-state index is 13.7. The number of halogens is 4. The Bertz CT molecular complexity index is 1650. The van der Waals surface area contributed by atoms with Crippen LogP contribution in [0.15, 0.2) is 75.7 Å². The maximum absolute atomic E-state index is 13.7. The molecule has 1 unspecified atom stereocenters. The number of hydrogen-bond donors (Lipinski definition) is 3. The Labute approximate surface area is 213 Å². The molecule has 0 amide bonds. The second kappa shape index (κ2) is 9.68. The molecule has 1 aliphatic carbocycles. The standard InChI is InChI=1S/C24H21F4N5O4S/c1-14-12-17(9-10-19(14)25)33-22(35)21(15(2)30-33)29-31-23(32-38(36,37)24(26,27)28)11-5-6-16(13-23)18-7-3-4-8-20(18)34/h3-12,30,32,34H,13H2,1-2H3. The Balaban J connectivity index is 1.78. The molecule has 9 nitrogen and oxygen atoms in total. The van der Waals surface area contributed by atoms with E-state index in [0.717, 1.165) is 16.8 Å². The van der Waals surface area contributed by atoms with Gasteiger partial charge >= 0.3 is 15.5 Å². The number of para-hydroxylation sites is 1. The number of phenols is 1. The van der Waals surface area contributed by atoms with Crippen molar-refractivity contribution in [3.8, 4) is 11.4 Å². The van der Waals surface area contributed by atoms with Crippen molar-refractivity contribution in [1.82, 2.24) is 14.5 Å². The van der Waals surface area contributed by atoms with Gasteiger partial charge in [-0.25, -0.2) is 17.5 Å². The lowest BCUT2D eigenvalue weighted by atomic mass is 9.90. The molecule has 0 aliphatic heterocycles. The van der Waals surface area contributed by atoms with Gasteiger partial charge in [-0.15, -0.1) is 5.11 Å². The number of benzene rings is 2. The normalized spacial score (nSPS) is 18.2. The molecule has 3 aromatic rings. The van der Waals surface area contributed by atoms with E-state index >= 15 is 0 Å². The Morgan fingerprint density at radius 3 is 2.53 bits per heavy atom. The molecule has 0 spiro atoms. The lowest BCUT2D eigenvalue weighted by Crippen LogP contribution is -2.50. The third-order valence-corrected chi connectivity index (χ3v) is 7.00. The minimum Gasteiger partial charge on any atom is -0.507 e. The number of alkyl halides is 3. The van der Waals surface area contributed by atoms with E-state index in [1.54, 1.807) is 16.9 Å². The van der Waals surface area contributed by atoms with Crippen molar-refractivity contribution in [2.75, 3.05) is 0 Å². The molecule has 1 aliphatic rings. The Morgan fingerprint density at radius 2 is 1.87 bits per heavy atom. The number of H-pyrrole nitrogens is 1. The molecule has 3 N–H and O–H groups in total. The molecule has 4 rings (SSSR count). The van der Waals surface area contributed by atoms with E-state index in [-0.39, 0.29) is 39.5 Å². The summed E-state index contributed by atoms with van der Waals surface area (Å²) in [5, 5.41) is 20.7. The van der Waals surface area contributed by atoms with Crippen molar-refractivity contribution >= 4 is 21.3 Å². The van der Waals surface area contributed by atoms with Crippen molar-refractivity contribution in [3.63, 3.8) is 0 Å². The number of nitrogens with zero attached hydrogens (tertiary/aromatic N) is 3. The highest BCUT2D eigenvalue weighted by Gasteiger charge is 2.50. The molecule has 0 saturated carbocycles. The number of phenolic OH excluding ortho intramolecular Hbond substituents is 1. The van der Waals surface area contributed by atoms with Gasteiger partial charge in [-0.3, -0.25) is 9.89 Å². The van der Waals surface area contributed by atoms with Crippen molar-refractivity contribution in [2.45, 2.75) is 31.4 Å². The summed E-state index contributed by atoms with van der Waals surface area (Å²) in [5.41, 5.74) is -7.77. The maximum Gasteiger partial charge on any atom is 0.511 e. The van der Waals surface area contributed by atoms with Crippen LogP contribution in [0.2, 0.25) is 0 Å². The zero-order valence-electron chi connectivity index (χ0n) is 19.9. The number of allylic oxidation sites excluding steroid dienone is 2. The van der Waals surface area contributed by atoms with Gasteiger partial charge in [-0.2, -0.15) is 23.0 Å². The number of aryl methyl sites for hydroxylation is 2. The molecule has 38 heavy (non-hydrogen) atoms. The monoisotopic (exact) mass is 551 g/mol. The SMILES string of the molecule is Cc1cc(-n2[nH]c(C)c(N=NC3(NS(=O)(=O)C(F)(F)F)C=CC=C(c4ccccc4O)C3)c2=O)ccc1F. The fourth-order valence-corrected chi connectivity index (χ4v) is 4.62. The van der Waals surface area contributed by atoms with Crippen molar-refractivity contribution in [2.24, 2.45) is 10.2 Å². The highest BCUT2D eigenvalue weighted by atomic mass is 32.2. The van der Waals surface area contributed by atoms with Crippen LogP contribution in [0.5, 0.6) is 5.75 Å². The van der Waals surface area contributed by atoms with Crippen molar-refractivity contribution < 1.29 is 31.1 Å². The molecular weight excluding hydrogens is 530 g/mol. The molecule has 0 radical (unpaired) electrons. The van der Waals surface area contributed by atoms with Crippen LogP contribution in [-0.2, 0) is 10.0 Å². The highest BCUT2D eigenvalue weighted by molar-refractivity contribution is 7.90. The molecule has 1 heterocycles. The number of sulfonamides is 1. The summed E-state index contributed by atoms with van der Waals surface area (Å²) in [7, 11) is -5.91. The smallest absolute Gasteiger partial charge is 0.507 e. The van der Waals surface area contributed by atoms with Crippen molar-refractivity contribution in [1.29, 1.82) is 0 Å². The van der Waals surface area contributed by atoms with Crippen LogP contribution < -0.4 is 10.3 Å². The summed E-state index contributed by atoms with van der Waals surface area (Å²) in [5.74, 6) is -0.668. The minimum absolute atomic E-state index is 0.172. The summed E-state index contributed by atoms with van der Waals surface area (Å²) < 4.78 is 80.3. The summed E-state index contributed by atoms with van der Waals surface area (Å²) in [6.45, 7) is 2.96. The molecule has 14 heteroatoms. The topological polar surface area (TPSA) is 129 Å². The third-order valence-electron chi connectivity index (χ3n) is 5.76. The van der Waals surface area contributed by atoms with Gasteiger partial charge in [-0.05, 0) is 55.3 Å². The summed E-state index contributed by atoms with van der Waals surface area (Å²) in [4.78, 5) is 13.0. The first-order chi connectivity index (χ1) is 17.7. The third kappa shape index (κ3) is 5.17. The van der Waals surface area contributed by atoms with Crippen LogP contribution >= 0.6 is 0 Å². The van der Waals surface area contributed by atoms with Crippen LogP contribution in [-0.4, -0.2) is 34.5 Å². The van der Waals surface area contributed by atoms with E-state index in [1.165, 1.54) is 50.3 Å².